The Bertz CT molecular complexity index is 454. The molecule has 0 aromatic carbocycles. The molecule has 2 fully saturated rings. The predicted octanol–water partition coefficient (Wildman–Crippen LogP) is 1.91. The average molecular weight is 274 g/mol. The van der Waals surface area contributed by atoms with Crippen molar-refractivity contribution >= 4 is 5.82 Å². The van der Waals surface area contributed by atoms with Gasteiger partial charge < -0.3 is 10.6 Å². The first-order valence-electron chi connectivity index (χ1n) is 7.93. The number of rotatable bonds is 3. The monoisotopic (exact) mass is 274 g/mol. The Balaban J connectivity index is 1.65. The molecule has 1 unspecified atom stereocenters. The molecular formula is C16H26N4. The molecular weight excluding hydrogens is 248 g/mol. The third-order valence-electron chi connectivity index (χ3n) is 4.79. The molecule has 2 aliphatic heterocycles. The topological polar surface area (TPSA) is 45.4 Å². The minimum atomic E-state index is 0.579. The van der Waals surface area contributed by atoms with Crippen LogP contribution in [0.2, 0.25) is 0 Å². The summed E-state index contributed by atoms with van der Waals surface area (Å²) >= 11 is 0. The van der Waals surface area contributed by atoms with Gasteiger partial charge in [-0.15, -0.1) is 0 Å². The number of anilines is 1. The third-order valence-corrected chi connectivity index (χ3v) is 4.79. The van der Waals surface area contributed by atoms with Crippen LogP contribution >= 0.6 is 0 Å². The van der Waals surface area contributed by atoms with Crippen molar-refractivity contribution < 1.29 is 0 Å². The lowest BCUT2D eigenvalue weighted by molar-refractivity contribution is 0.175. The largest absolute Gasteiger partial charge is 0.355 e. The highest BCUT2D eigenvalue weighted by Gasteiger charge is 2.29. The van der Waals surface area contributed by atoms with Crippen LogP contribution in [0.15, 0.2) is 12.1 Å². The van der Waals surface area contributed by atoms with Crippen molar-refractivity contribution in [2.24, 2.45) is 5.73 Å². The lowest BCUT2D eigenvalue weighted by Crippen LogP contribution is -2.41. The third kappa shape index (κ3) is 2.81. The summed E-state index contributed by atoms with van der Waals surface area (Å²) in [4.78, 5) is 9.86. The van der Waals surface area contributed by atoms with Crippen molar-refractivity contribution in [3.63, 3.8) is 0 Å². The van der Waals surface area contributed by atoms with Crippen molar-refractivity contribution in [2.75, 3.05) is 31.1 Å². The lowest BCUT2D eigenvalue weighted by atomic mass is 10.1. The van der Waals surface area contributed by atoms with Gasteiger partial charge in [-0.3, -0.25) is 4.90 Å². The summed E-state index contributed by atoms with van der Waals surface area (Å²) in [7, 11) is 0. The van der Waals surface area contributed by atoms with Gasteiger partial charge in [0, 0.05) is 31.4 Å². The molecule has 1 atom stereocenters. The second-order valence-electron chi connectivity index (χ2n) is 6.10. The van der Waals surface area contributed by atoms with E-state index in [1.807, 2.05) is 0 Å². The van der Waals surface area contributed by atoms with Crippen LogP contribution in [0.4, 0.5) is 5.82 Å². The zero-order chi connectivity index (χ0) is 13.9. The van der Waals surface area contributed by atoms with Gasteiger partial charge in [0.2, 0.25) is 0 Å². The van der Waals surface area contributed by atoms with Crippen LogP contribution in [0.1, 0.15) is 36.9 Å². The van der Waals surface area contributed by atoms with Crippen LogP contribution < -0.4 is 10.6 Å². The molecule has 2 saturated heterocycles. The highest BCUT2D eigenvalue weighted by Crippen LogP contribution is 2.24. The summed E-state index contributed by atoms with van der Waals surface area (Å²) in [6.45, 7) is 7.48. The Labute approximate surface area is 122 Å². The number of hydrogen-bond donors (Lipinski definition) is 1. The van der Waals surface area contributed by atoms with E-state index in [1.165, 1.54) is 38.8 Å². The van der Waals surface area contributed by atoms with Gasteiger partial charge in [0.25, 0.3) is 0 Å². The molecule has 0 radical (unpaired) electrons. The maximum Gasteiger partial charge on any atom is 0.128 e. The number of aryl methyl sites for hydroxylation is 1. The van der Waals surface area contributed by atoms with Gasteiger partial charge in [-0.25, -0.2) is 4.98 Å². The van der Waals surface area contributed by atoms with E-state index in [9.17, 15) is 0 Å². The van der Waals surface area contributed by atoms with Gasteiger partial charge in [-0.2, -0.15) is 0 Å². The van der Waals surface area contributed by atoms with Crippen molar-refractivity contribution in [1.82, 2.24) is 9.88 Å². The van der Waals surface area contributed by atoms with E-state index < -0.39 is 0 Å². The molecule has 2 N–H and O–H groups in total. The smallest absolute Gasteiger partial charge is 0.128 e. The normalized spacial score (nSPS) is 24.3. The van der Waals surface area contributed by atoms with Crippen LogP contribution in [-0.2, 0) is 6.54 Å². The molecule has 3 rings (SSSR count). The second kappa shape index (κ2) is 6.10. The van der Waals surface area contributed by atoms with Gasteiger partial charge in [-0.05, 0) is 50.9 Å². The Morgan fingerprint density at radius 3 is 2.70 bits per heavy atom. The van der Waals surface area contributed by atoms with Gasteiger partial charge in [0.05, 0.1) is 0 Å². The summed E-state index contributed by atoms with van der Waals surface area (Å²) in [6.07, 6.45) is 5.44. The SMILES string of the molecule is Cc1nc(N2CCC(N3CCCCC3)C2)ccc1CN. The van der Waals surface area contributed by atoms with Crippen LogP contribution in [0.5, 0.6) is 0 Å². The molecule has 20 heavy (non-hydrogen) atoms. The van der Waals surface area contributed by atoms with Crippen LogP contribution in [0, 0.1) is 6.92 Å². The van der Waals surface area contributed by atoms with E-state index in [1.54, 1.807) is 0 Å². The fraction of sp³-hybridized carbons (Fsp3) is 0.688. The quantitative estimate of drug-likeness (QED) is 0.914. The number of piperidine rings is 1. The maximum absolute atomic E-state index is 5.71. The number of nitrogens with two attached hydrogens (primary N) is 1. The molecule has 110 valence electrons. The Morgan fingerprint density at radius 2 is 2.00 bits per heavy atom. The minimum Gasteiger partial charge on any atom is -0.355 e. The van der Waals surface area contributed by atoms with Crippen molar-refractivity contribution in [1.29, 1.82) is 0 Å². The number of pyridine rings is 1. The van der Waals surface area contributed by atoms with E-state index in [0.29, 0.717) is 6.54 Å². The molecule has 1 aromatic heterocycles. The van der Waals surface area contributed by atoms with Gasteiger partial charge in [-0.1, -0.05) is 12.5 Å². The standard InChI is InChI=1S/C16H26N4/c1-13-14(11-17)5-6-16(18-13)20-10-7-15(12-20)19-8-3-2-4-9-19/h5-6,15H,2-4,7-12,17H2,1H3. The van der Waals surface area contributed by atoms with Crippen molar-refractivity contribution in [3.05, 3.63) is 23.4 Å². The lowest BCUT2D eigenvalue weighted by Gasteiger charge is -2.32. The second-order valence-corrected chi connectivity index (χ2v) is 6.10. The summed E-state index contributed by atoms with van der Waals surface area (Å²) in [5.74, 6) is 1.12. The predicted molar refractivity (Wildman–Crippen MR) is 82.9 cm³/mol. The molecule has 2 aliphatic rings. The van der Waals surface area contributed by atoms with Crippen molar-refractivity contribution in [3.8, 4) is 0 Å². The van der Waals surface area contributed by atoms with Crippen molar-refractivity contribution in [2.45, 2.75) is 45.2 Å². The van der Waals surface area contributed by atoms with Gasteiger partial charge >= 0.3 is 0 Å². The van der Waals surface area contributed by atoms with Gasteiger partial charge in [0.1, 0.15) is 5.82 Å². The molecule has 3 heterocycles. The molecule has 1 aromatic rings. The summed E-state index contributed by atoms with van der Waals surface area (Å²) < 4.78 is 0. The first-order chi connectivity index (χ1) is 9.78. The highest BCUT2D eigenvalue weighted by molar-refractivity contribution is 5.43. The summed E-state index contributed by atoms with van der Waals surface area (Å²) in [5, 5.41) is 0. The molecule has 4 nitrogen and oxygen atoms in total. The Morgan fingerprint density at radius 1 is 1.20 bits per heavy atom. The first kappa shape index (κ1) is 13.8. The average Bonchev–Trinajstić information content (AvgIpc) is 2.98. The maximum atomic E-state index is 5.71. The Hall–Kier alpha value is -1.13. The van der Waals surface area contributed by atoms with Gasteiger partial charge in [0.15, 0.2) is 0 Å². The van der Waals surface area contributed by atoms with Crippen LogP contribution in [0.3, 0.4) is 0 Å². The number of aromatic nitrogens is 1. The fourth-order valence-electron chi connectivity index (χ4n) is 3.50. The first-order valence-corrected chi connectivity index (χ1v) is 7.93. The summed E-state index contributed by atoms with van der Waals surface area (Å²) in [6, 6.07) is 4.99. The zero-order valence-electron chi connectivity index (χ0n) is 12.5. The van der Waals surface area contributed by atoms with E-state index in [2.05, 4.69) is 28.9 Å². The zero-order valence-corrected chi connectivity index (χ0v) is 12.5. The molecule has 0 aliphatic carbocycles. The van der Waals surface area contributed by atoms with Crippen LogP contribution in [-0.4, -0.2) is 42.1 Å². The molecule has 0 spiro atoms. The molecule has 0 saturated carbocycles. The van der Waals surface area contributed by atoms with E-state index in [4.69, 9.17) is 10.7 Å². The van der Waals surface area contributed by atoms with Crippen LogP contribution in [0.25, 0.3) is 0 Å². The Kier molecular flexibility index (Phi) is 4.22. The highest BCUT2D eigenvalue weighted by atomic mass is 15.3. The number of likely N-dealkylation sites (tertiary alicyclic amines) is 1. The number of hydrogen-bond acceptors (Lipinski definition) is 4. The number of nitrogens with zero attached hydrogens (tertiary/aromatic N) is 3. The summed E-state index contributed by atoms with van der Waals surface area (Å²) in [5.41, 5.74) is 7.94. The van der Waals surface area contributed by atoms with E-state index >= 15 is 0 Å². The molecule has 4 heteroatoms. The molecule has 0 amide bonds. The minimum absolute atomic E-state index is 0.579. The molecule has 0 bridgehead atoms. The van der Waals surface area contributed by atoms with E-state index in [0.717, 1.165) is 36.2 Å². The fourth-order valence-corrected chi connectivity index (χ4v) is 3.50. The van der Waals surface area contributed by atoms with E-state index in [-0.39, 0.29) is 0 Å².